The summed E-state index contributed by atoms with van der Waals surface area (Å²) in [4.78, 5) is 12.5. The summed E-state index contributed by atoms with van der Waals surface area (Å²) in [6, 6.07) is 0. The summed E-state index contributed by atoms with van der Waals surface area (Å²) in [6.45, 7) is 5.07. The van der Waals surface area contributed by atoms with Gasteiger partial charge >= 0.3 is 6.09 Å². The summed E-state index contributed by atoms with van der Waals surface area (Å²) in [7, 11) is 0. The molecule has 1 aliphatic heterocycles. The van der Waals surface area contributed by atoms with E-state index < -0.39 is 11.8 Å². The number of carbonyl (C=O) groups excluding carboxylic acids is 1. The maximum atomic E-state index is 13.3. The van der Waals surface area contributed by atoms with E-state index in [1.807, 2.05) is 4.90 Å². The number of carbonyl (C=O) groups is 1. The molecule has 0 aromatic rings. The summed E-state index contributed by atoms with van der Waals surface area (Å²) in [5, 5.41) is 0. The third kappa shape index (κ3) is 4.97. The van der Waals surface area contributed by atoms with Crippen molar-refractivity contribution in [3.63, 3.8) is 0 Å². The molecule has 1 aliphatic rings. The Hall–Kier alpha value is -0.840. The number of rotatable bonds is 3. The van der Waals surface area contributed by atoms with Crippen LogP contribution in [0.25, 0.3) is 0 Å². The normalized spacial score (nSPS) is 20.2. The molecule has 1 rings (SSSR count). The van der Waals surface area contributed by atoms with Crippen LogP contribution in [0.2, 0.25) is 0 Å². The van der Waals surface area contributed by atoms with Gasteiger partial charge in [-0.05, 0) is 26.7 Å². The molecule has 0 aliphatic carbocycles. The van der Waals surface area contributed by atoms with Crippen molar-refractivity contribution in [2.75, 3.05) is 19.6 Å². The van der Waals surface area contributed by atoms with Crippen LogP contribution < -0.4 is 5.73 Å². The Morgan fingerprint density at radius 3 is 2.47 bits per heavy atom. The maximum absolute atomic E-state index is 13.3. The van der Waals surface area contributed by atoms with Crippen LogP contribution in [0.3, 0.4) is 0 Å². The van der Waals surface area contributed by atoms with Crippen molar-refractivity contribution in [2.24, 2.45) is 5.73 Å². The number of nitrogens with zero attached hydrogens (tertiary/aromatic N) is 1. The topological polar surface area (TPSA) is 55.6 Å². The van der Waals surface area contributed by atoms with Crippen molar-refractivity contribution >= 4 is 6.09 Å². The van der Waals surface area contributed by atoms with Crippen LogP contribution in [-0.2, 0) is 4.74 Å². The van der Waals surface area contributed by atoms with Gasteiger partial charge < -0.3 is 10.5 Å². The quantitative estimate of drug-likeness (QED) is 0.776. The van der Waals surface area contributed by atoms with Gasteiger partial charge in [-0.15, -0.1) is 0 Å². The Kier molecular flexibility index (Phi) is 3.90. The average Bonchev–Trinajstić information content (AvgIpc) is 2.05. The van der Waals surface area contributed by atoms with Gasteiger partial charge in [0, 0.05) is 19.6 Å². The molecule has 88 valence electrons. The fourth-order valence-corrected chi connectivity index (χ4v) is 1.88. The smallest absolute Gasteiger partial charge is 0.404 e. The standard InChI is InChI=1S/C10H19FN2O2/c1-10(2,11)7-13-5-3-8(4-6-13)15-9(12)14/h8H,3-7H2,1-2H3,(H2,12,14). The second-order valence-electron chi connectivity index (χ2n) is 4.63. The molecule has 2 N–H and O–H groups in total. The molecule has 0 radical (unpaired) electrons. The van der Waals surface area contributed by atoms with E-state index in [1.165, 1.54) is 0 Å². The average molecular weight is 218 g/mol. The first-order valence-electron chi connectivity index (χ1n) is 5.24. The monoisotopic (exact) mass is 218 g/mol. The molecule has 4 nitrogen and oxygen atoms in total. The van der Waals surface area contributed by atoms with E-state index in [0.29, 0.717) is 6.54 Å². The SMILES string of the molecule is CC(C)(F)CN1CCC(OC(N)=O)CC1. The van der Waals surface area contributed by atoms with Gasteiger partial charge in [0.25, 0.3) is 0 Å². The number of hydrogen-bond donors (Lipinski definition) is 1. The first kappa shape index (κ1) is 12.2. The highest BCUT2D eigenvalue weighted by Crippen LogP contribution is 2.17. The summed E-state index contributed by atoms with van der Waals surface area (Å²) in [6.07, 6.45) is 0.652. The van der Waals surface area contributed by atoms with Gasteiger partial charge in [-0.25, -0.2) is 9.18 Å². The van der Waals surface area contributed by atoms with Crippen LogP contribution in [0.5, 0.6) is 0 Å². The molecular formula is C10H19FN2O2. The Labute approximate surface area is 89.6 Å². The fraction of sp³-hybridized carbons (Fsp3) is 0.900. The van der Waals surface area contributed by atoms with Crippen LogP contribution in [-0.4, -0.2) is 42.4 Å². The van der Waals surface area contributed by atoms with Crippen molar-refractivity contribution in [2.45, 2.75) is 38.5 Å². The minimum Gasteiger partial charge on any atom is -0.446 e. The van der Waals surface area contributed by atoms with Crippen molar-refractivity contribution in [1.82, 2.24) is 4.90 Å². The number of likely N-dealkylation sites (tertiary alicyclic amines) is 1. The molecule has 0 saturated carbocycles. The zero-order valence-corrected chi connectivity index (χ0v) is 9.33. The zero-order chi connectivity index (χ0) is 11.5. The fourth-order valence-electron chi connectivity index (χ4n) is 1.88. The number of nitrogens with two attached hydrogens (primary N) is 1. The molecule has 1 amide bonds. The lowest BCUT2D eigenvalue weighted by molar-refractivity contribution is 0.0373. The molecule has 15 heavy (non-hydrogen) atoms. The van der Waals surface area contributed by atoms with Gasteiger partial charge in [-0.2, -0.15) is 0 Å². The van der Waals surface area contributed by atoms with E-state index in [0.717, 1.165) is 25.9 Å². The van der Waals surface area contributed by atoms with Crippen molar-refractivity contribution < 1.29 is 13.9 Å². The molecule has 1 saturated heterocycles. The number of primary amides is 1. The van der Waals surface area contributed by atoms with Gasteiger partial charge in [0.2, 0.25) is 0 Å². The third-order valence-corrected chi connectivity index (χ3v) is 2.42. The van der Waals surface area contributed by atoms with E-state index in [-0.39, 0.29) is 6.10 Å². The Morgan fingerprint density at radius 2 is 2.07 bits per heavy atom. The van der Waals surface area contributed by atoms with Crippen LogP contribution in [0.15, 0.2) is 0 Å². The molecule has 0 aromatic carbocycles. The lowest BCUT2D eigenvalue weighted by atomic mass is 10.1. The van der Waals surface area contributed by atoms with E-state index in [4.69, 9.17) is 10.5 Å². The van der Waals surface area contributed by atoms with Crippen LogP contribution in [0.4, 0.5) is 9.18 Å². The third-order valence-electron chi connectivity index (χ3n) is 2.42. The summed E-state index contributed by atoms with van der Waals surface area (Å²) >= 11 is 0. The molecule has 0 bridgehead atoms. The van der Waals surface area contributed by atoms with Gasteiger partial charge in [0.05, 0.1) is 0 Å². The largest absolute Gasteiger partial charge is 0.446 e. The van der Waals surface area contributed by atoms with E-state index >= 15 is 0 Å². The highest BCUT2D eigenvalue weighted by atomic mass is 19.1. The first-order valence-corrected chi connectivity index (χ1v) is 5.24. The second-order valence-corrected chi connectivity index (χ2v) is 4.63. The zero-order valence-electron chi connectivity index (χ0n) is 9.33. The number of amides is 1. The molecule has 0 unspecified atom stereocenters. The van der Waals surface area contributed by atoms with Gasteiger partial charge in [-0.3, -0.25) is 4.90 Å². The second kappa shape index (κ2) is 4.79. The number of hydrogen-bond acceptors (Lipinski definition) is 3. The predicted molar refractivity (Wildman–Crippen MR) is 55.3 cm³/mol. The lowest BCUT2D eigenvalue weighted by Crippen LogP contribution is -2.43. The molecule has 1 fully saturated rings. The van der Waals surface area contributed by atoms with Crippen LogP contribution in [0.1, 0.15) is 26.7 Å². The summed E-state index contributed by atoms with van der Waals surface area (Å²) in [5.41, 5.74) is 3.76. The molecule has 0 spiro atoms. The number of alkyl halides is 1. The van der Waals surface area contributed by atoms with Crippen LogP contribution >= 0.6 is 0 Å². The Morgan fingerprint density at radius 1 is 1.53 bits per heavy atom. The van der Waals surface area contributed by atoms with E-state index in [9.17, 15) is 9.18 Å². The predicted octanol–water partition coefficient (Wildman–Crippen LogP) is 1.29. The van der Waals surface area contributed by atoms with Crippen LogP contribution in [0, 0.1) is 0 Å². The first-order chi connectivity index (χ1) is 6.87. The molecule has 0 aromatic heterocycles. The minimum absolute atomic E-state index is 0.0959. The number of halogens is 1. The van der Waals surface area contributed by atoms with Gasteiger partial charge in [0.1, 0.15) is 11.8 Å². The molecule has 0 atom stereocenters. The van der Waals surface area contributed by atoms with Crippen molar-refractivity contribution in [1.29, 1.82) is 0 Å². The minimum atomic E-state index is -1.17. The lowest BCUT2D eigenvalue weighted by Gasteiger charge is -2.33. The highest BCUT2D eigenvalue weighted by Gasteiger charge is 2.26. The molecular weight excluding hydrogens is 199 g/mol. The van der Waals surface area contributed by atoms with Gasteiger partial charge in [0.15, 0.2) is 0 Å². The summed E-state index contributed by atoms with van der Waals surface area (Å²) < 4.78 is 18.2. The number of ether oxygens (including phenoxy) is 1. The highest BCUT2D eigenvalue weighted by molar-refractivity contribution is 5.64. The Bertz CT molecular complexity index is 220. The number of piperidine rings is 1. The Balaban J connectivity index is 2.27. The van der Waals surface area contributed by atoms with Crippen molar-refractivity contribution in [3.8, 4) is 0 Å². The van der Waals surface area contributed by atoms with E-state index in [1.54, 1.807) is 13.8 Å². The summed E-state index contributed by atoms with van der Waals surface area (Å²) in [5.74, 6) is 0. The van der Waals surface area contributed by atoms with Crippen molar-refractivity contribution in [3.05, 3.63) is 0 Å². The maximum Gasteiger partial charge on any atom is 0.404 e. The van der Waals surface area contributed by atoms with Gasteiger partial charge in [-0.1, -0.05) is 0 Å². The van der Waals surface area contributed by atoms with E-state index in [2.05, 4.69) is 0 Å². The molecule has 1 heterocycles. The molecule has 5 heteroatoms.